The lowest BCUT2D eigenvalue weighted by molar-refractivity contribution is -0.123. The molecule has 2 N–H and O–H groups in total. The quantitative estimate of drug-likeness (QED) is 0.874. The van der Waals surface area contributed by atoms with E-state index in [4.69, 9.17) is 16.3 Å². The molecular weight excluding hydrogens is 286 g/mol. The van der Waals surface area contributed by atoms with Crippen LogP contribution in [0.25, 0.3) is 0 Å². The Morgan fingerprint density at radius 3 is 2.84 bits per heavy atom. The van der Waals surface area contributed by atoms with Gasteiger partial charge in [0.2, 0.25) is 5.91 Å². The monoisotopic (exact) mass is 303 g/mol. The predicted molar refractivity (Wildman–Crippen MR) is 75.7 cm³/mol. The van der Waals surface area contributed by atoms with Crippen molar-refractivity contribution in [1.82, 2.24) is 5.32 Å². The number of halogens is 1. The Hall–Kier alpha value is -0.620. The Kier molecular flexibility index (Phi) is 5.21. The molecule has 19 heavy (non-hydrogen) atoms. The van der Waals surface area contributed by atoms with E-state index in [1.807, 2.05) is 12.1 Å². The van der Waals surface area contributed by atoms with Crippen LogP contribution in [0, 0.1) is 0 Å². The molecule has 0 bridgehead atoms. The lowest BCUT2D eigenvalue weighted by Crippen LogP contribution is -2.46. The first kappa shape index (κ1) is 14.8. The fraction of sp³-hybridized carbons (Fsp3) is 0.615. The fourth-order valence-electron chi connectivity index (χ4n) is 2.00. The molecular formula is C13H18ClNO3S. The Balaban J connectivity index is 1.69. The summed E-state index contributed by atoms with van der Waals surface area (Å²) >= 11 is 7.32. The molecule has 1 fully saturated rings. The first-order chi connectivity index (χ1) is 9.07. The number of carbonyl (C=O) groups is 1. The maximum Gasteiger partial charge on any atom is 0.220 e. The molecule has 1 aromatic rings. The van der Waals surface area contributed by atoms with Crippen molar-refractivity contribution in [3.05, 3.63) is 21.3 Å². The topological polar surface area (TPSA) is 58.6 Å². The molecule has 0 saturated carbocycles. The Labute approximate surface area is 121 Å². The zero-order valence-corrected chi connectivity index (χ0v) is 12.2. The lowest BCUT2D eigenvalue weighted by Gasteiger charge is -2.32. The number of thiophene rings is 1. The summed E-state index contributed by atoms with van der Waals surface area (Å²) in [5.41, 5.74) is -0.805. The van der Waals surface area contributed by atoms with Crippen molar-refractivity contribution in [2.45, 2.75) is 31.3 Å². The number of nitrogens with one attached hydrogen (secondary N) is 1. The zero-order valence-electron chi connectivity index (χ0n) is 10.7. The van der Waals surface area contributed by atoms with Gasteiger partial charge in [0.05, 0.1) is 9.94 Å². The summed E-state index contributed by atoms with van der Waals surface area (Å²) in [4.78, 5) is 12.8. The molecule has 106 valence electrons. The molecule has 4 nitrogen and oxygen atoms in total. The number of aliphatic hydroxyl groups is 1. The van der Waals surface area contributed by atoms with Gasteiger partial charge in [-0.1, -0.05) is 11.6 Å². The Morgan fingerprint density at radius 1 is 1.47 bits per heavy atom. The van der Waals surface area contributed by atoms with Crippen LogP contribution >= 0.6 is 22.9 Å². The van der Waals surface area contributed by atoms with Gasteiger partial charge in [0.1, 0.15) is 0 Å². The van der Waals surface area contributed by atoms with Gasteiger partial charge in [0.25, 0.3) is 0 Å². The number of hydrogen-bond donors (Lipinski definition) is 2. The minimum absolute atomic E-state index is 0.0376. The van der Waals surface area contributed by atoms with Crippen LogP contribution in [0.15, 0.2) is 12.1 Å². The number of carbonyl (C=O) groups excluding carboxylic acids is 1. The maximum absolute atomic E-state index is 11.7. The first-order valence-corrected chi connectivity index (χ1v) is 7.58. The normalized spacial score (nSPS) is 18.2. The van der Waals surface area contributed by atoms with Crippen molar-refractivity contribution in [3.8, 4) is 0 Å². The molecule has 0 spiro atoms. The largest absolute Gasteiger partial charge is 0.388 e. The highest BCUT2D eigenvalue weighted by atomic mass is 35.5. The van der Waals surface area contributed by atoms with Crippen LogP contribution < -0.4 is 5.32 Å². The third-order valence-electron chi connectivity index (χ3n) is 3.27. The second-order valence-corrected chi connectivity index (χ2v) is 6.62. The number of rotatable bonds is 5. The molecule has 0 aromatic carbocycles. The van der Waals surface area contributed by atoms with Crippen LogP contribution in [0.3, 0.4) is 0 Å². The smallest absolute Gasteiger partial charge is 0.220 e. The highest BCUT2D eigenvalue weighted by Gasteiger charge is 2.29. The summed E-state index contributed by atoms with van der Waals surface area (Å²) in [6.07, 6.45) is 2.26. The minimum Gasteiger partial charge on any atom is -0.388 e. The molecule has 2 rings (SSSR count). The van der Waals surface area contributed by atoms with Gasteiger partial charge in [-0.05, 0) is 18.6 Å². The average molecular weight is 304 g/mol. The summed E-state index contributed by atoms with van der Waals surface area (Å²) in [7, 11) is 0. The highest BCUT2D eigenvalue weighted by molar-refractivity contribution is 7.16. The number of hydrogen-bond acceptors (Lipinski definition) is 4. The summed E-state index contributed by atoms with van der Waals surface area (Å²) in [5, 5.41) is 13.0. The second kappa shape index (κ2) is 6.70. The van der Waals surface area contributed by atoms with Crippen LogP contribution in [0.5, 0.6) is 0 Å². The van der Waals surface area contributed by atoms with Gasteiger partial charge in [0.15, 0.2) is 0 Å². The van der Waals surface area contributed by atoms with Gasteiger partial charge in [-0.3, -0.25) is 4.79 Å². The van der Waals surface area contributed by atoms with Crippen molar-refractivity contribution in [2.24, 2.45) is 0 Å². The van der Waals surface area contributed by atoms with Gasteiger partial charge >= 0.3 is 0 Å². The van der Waals surface area contributed by atoms with Gasteiger partial charge in [0, 0.05) is 43.9 Å². The van der Waals surface area contributed by atoms with E-state index in [0.29, 0.717) is 45.4 Å². The molecule has 1 amide bonds. The van der Waals surface area contributed by atoms with Crippen LogP contribution in [-0.2, 0) is 16.0 Å². The van der Waals surface area contributed by atoms with E-state index in [-0.39, 0.29) is 5.91 Å². The standard InChI is InChI=1S/C13H18ClNO3S/c14-11-3-1-10(19-11)2-4-12(16)15-9-13(17)5-7-18-8-6-13/h1,3,17H,2,4-9H2,(H,15,16). The molecule has 0 atom stereocenters. The molecule has 0 radical (unpaired) electrons. The summed E-state index contributed by atoms with van der Waals surface area (Å²) < 4.78 is 5.94. The maximum atomic E-state index is 11.7. The van der Waals surface area contributed by atoms with Gasteiger partial charge < -0.3 is 15.2 Å². The van der Waals surface area contributed by atoms with Crippen molar-refractivity contribution in [3.63, 3.8) is 0 Å². The van der Waals surface area contributed by atoms with Crippen LogP contribution in [0.2, 0.25) is 4.34 Å². The third-order valence-corrected chi connectivity index (χ3v) is 4.56. The average Bonchev–Trinajstić information content (AvgIpc) is 2.81. The predicted octanol–water partition coefficient (Wildman–Crippen LogP) is 1.99. The molecule has 2 heterocycles. The van der Waals surface area contributed by atoms with E-state index in [9.17, 15) is 9.90 Å². The van der Waals surface area contributed by atoms with Crippen LogP contribution in [0.4, 0.5) is 0 Å². The molecule has 1 aliphatic heterocycles. The Bertz CT molecular complexity index is 429. The lowest BCUT2D eigenvalue weighted by atomic mass is 9.94. The van der Waals surface area contributed by atoms with Crippen molar-refractivity contribution >= 4 is 28.8 Å². The second-order valence-electron chi connectivity index (χ2n) is 4.82. The SMILES string of the molecule is O=C(CCc1ccc(Cl)s1)NCC1(O)CCOCC1. The third kappa shape index (κ3) is 4.76. The first-order valence-electron chi connectivity index (χ1n) is 6.38. The summed E-state index contributed by atoms with van der Waals surface area (Å²) in [5.74, 6) is -0.0376. The number of aryl methyl sites for hydroxylation is 1. The molecule has 1 aromatic heterocycles. The van der Waals surface area contributed by atoms with Crippen molar-refractivity contribution in [1.29, 1.82) is 0 Å². The van der Waals surface area contributed by atoms with Gasteiger partial charge in [-0.25, -0.2) is 0 Å². The molecule has 0 aliphatic carbocycles. The van der Waals surface area contributed by atoms with E-state index in [1.54, 1.807) is 0 Å². The molecule has 1 saturated heterocycles. The fourth-order valence-corrected chi connectivity index (χ4v) is 3.09. The van der Waals surface area contributed by atoms with Gasteiger partial charge in [-0.15, -0.1) is 11.3 Å². The minimum atomic E-state index is -0.805. The van der Waals surface area contributed by atoms with E-state index < -0.39 is 5.60 Å². The van der Waals surface area contributed by atoms with Crippen LogP contribution in [0.1, 0.15) is 24.1 Å². The zero-order chi connectivity index (χ0) is 13.7. The van der Waals surface area contributed by atoms with Crippen LogP contribution in [-0.4, -0.2) is 36.4 Å². The van der Waals surface area contributed by atoms with Crippen molar-refractivity contribution in [2.75, 3.05) is 19.8 Å². The van der Waals surface area contributed by atoms with E-state index in [1.165, 1.54) is 11.3 Å². The number of amides is 1. The molecule has 6 heteroatoms. The Morgan fingerprint density at radius 2 is 2.21 bits per heavy atom. The van der Waals surface area contributed by atoms with Gasteiger partial charge in [-0.2, -0.15) is 0 Å². The molecule has 0 unspecified atom stereocenters. The number of ether oxygens (including phenoxy) is 1. The summed E-state index contributed by atoms with van der Waals surface area (Å²) in [6.45, 7) is 1.42. The highest BCUT2D eigenvalue weighted by Crippen LogP contribution is 2.22. The molecule has 1 aliphatic rings. The van der Waals surface area contributed by atoms with Crippen molar-refractivity contribution < 1.29 is 14.6 Å². The van der Waals surface area contributed by atoms with E-state index in [0.717, 1.165) is 9.21 Å². The van der Waals surface area contributed by atoms with E-state index in [2.05, 4.69) is 5.32 Å². The summed E-state index contributed by atoms with van der Waals surface area (Å²) in [6, 6.07) is 3.77. The van der Waals surface area contributed by atoms with E-state index >= 15 is 0 Å².